The van der Waals surface area contributed by atoms with Gasteiger partial charge in [-0.3, -0.25) is 0 Å². The normalized spacial score (nSPS) is 10.3. The van der Waals surface area contributed by atoms with Crippen molar-refractivity contribution in [3.05, 3.63) is 63.3 Å². The fourth-order valence-corrected chi connectivity index (χ4v) is 1.94. The predicted octanol–water partition coefficient (Wildman–Crippen LogP) is 4.82. The minimum atomic E-state index is -0.294. The second-order valence-electron chi connectivity index (χ2n) is 3.46. The third kappa shape index (κ3) is 3.20. The molecule has 0 amide bonds. The van der Waals surface area contributed by atoms with Crippen LogP contribution in [0, 0.1) is 5.82 Å². The Kier molecular flexibility index (Phi) is 4.02. The molecule has 2 aromatic rings. The Morgan fingerprint density at radius 1 is 1.18 bits per heavy atom. The van der Waals surface area contributed by atoms with Gasteiger partial charge in [-0.2, -0.15) is 0 Å². The summed E-state index contributed by atoms with van der Waals surface area (Å²) in [7, 11) is 0. The molecule has 4 heteroatoms. The molecule has 0 heterocycles. The minimum absolute atomic E-state index is 0.290. The summed E-state index contributed by atoms with van der Waals surface area (Å²) in [5, 5.41) is 0.612. The Balaban J connectivity index is 2.10. The molecule has 2 aromatic carbocycles. The lowest BCUT2D eigenvalue weighted by Gasteiger charge is -2.08. The Bertz CT molecular complexity index is 531. The summed E-state index contributed by atoms with van der Waals surface area (Å²) in [5.74, 6) is 0.367. The SMILES string of the molecule is Fc1cccc(COc2cccc(Cl)c2)c1Br. The third-order valence-electron chi connectivity index (χ3n) is 2.22. The van der Waals surface area contributed by atoms with Crippen molar-refractivity contribution in [3.63, 3.8) is 0 Å². The van der Waals surface area contributed by atoms with Crippen LogP contribution in [0.3, 0.4) is 0 Å². The van der Waals surface area contributed by atoms with E-state index in [9.17, 15) is 4.39 Å². The van der Waals surface area contributed by atoms with Crippen molar-refractivity contribution in [2.45, 2.75) is 6.61 Å². The van der Waals surface area contributed by atoms with Gasteiger partial charge in [-0.1, -0.05) is 29.8 Å². The maximum Gasteiger partial charge on any atom is 0.137 e. The number of halogens is 3. The van der Waals surface area contributed by atoms with Crippen molar-refractivity contribution in [3.8, 4) is 5.75 Å². The molecular weight excluding hydrogens is 306 g/mol. The van der Waals surface area contributed by atoms with Crippen LogP contribution in [0.1, 0.15) is 5.56 Å². The standard InChI is InChI=1S/C13H9BrClFO/c14-13-9(3-1-6-12(13)16)8-17-11-5-2-4-10(15)7-11/h1-7H,8H2. The van der Waals surface area contributed by atoms with Crippen LogP contribution < -0.4 is 4.74 Å². The highest BCUT2D eigenvalue weighted by atomic mass is 79.9. The number of ether oxygens (including phenoxy) is 1. The molecule has 0 radical (unpaired) electrons. The Hall–Kier alpha value is -1.06. The smallest absolute Gasteiger partial charge is 0.137 e. The predicted molar refractivity (Wildman–Crippen MR) is 69.9 cm³/mol. The average Bonchev–Trinajstić information content (AvgIpc) is 2.31. The zero-order valence-electron chi connectivity index (χ0n) is 8.79. The quantitative estimate of drug-likeness (QED) is 0.789. The highest BCUT2D eigenvalue weighted by molar-refractivity contribution is 9.10. The zero-order chi connectivity index (χ0) is 12.3. The van der Waals surface area contributed by atoms with Gasteiger partial charge in [0.1, 0.15) is 18.2 Å². The van der Waals surface area contributed by atoms with Gasteiger partial charge < -0.3 is 4.74 Å². The van der Waals surface area contributed by atoms with Gasteiger partial charge in [0.2, 0.25) is 0 Å². The molecule has 0 N–H and O–H groups in total. The summed E-state index contributed by atoms with van der Waals surface area (Å²) in [6, 6.07) is 11.9. The molecule has 0 aliphatic rings. The fourth-order valence-electron chi connectivity index (χ4n) is 1.38. The monoisotopic (exact) mass is 314 g/mol. The fraction of sp³-hybridized carbons (Fsp3) is 0.0769. The first-order valence-corrected chi connectivity index (χ1v) is 6.15. The summed E-state index contributed by atoms with van der Waals surface area (Å²) in [5.41, 5.74) is 0.755. The van der Waals surface area contributed by atoms with Crippen LogP contribution >= 0.6 is 27.5 Å². The molecule has 17 heavy (non-hydrogen) atoms. The van der Waals surface area contributed by atoms with Crippen molar-refractivity contribution in [2.24, 2.45) is 0 Å². The van der Waals surface area contributed by atoms with E-state index in [-0.39, 0.29) is 5.82 Å². The van der Waals surface area contributed by atoms with E-state index in [0.29, 0.717) is 21.9 Å². The Morgan fingerprint density at radius 2 is 1.94 bits per heavy atom. The molecule has 0 aromatic heterocycles. The van der Waals surface area contributed by atoms with E-state index in [1.165, 1.54) is 6.07 Å². The highest BCUT2D eigenvalue weighted by Crippen LogP contribution is 2.23. The van der Waals surface area contributed by atoms with Crippen molar-refractivity contribution < 1.29 is 9.13 Å². The first kappa shape index (κ1) is 12.4. The van der Waals surface area contributed by atoms with Crippen LogP contribution in [-0.2, 0) is 6.61 Å². The van der Waals surface area contributed by atoms with Crippen LogP contribution in [0.5, 0.6) is 5.75 Å². The Labute approximate surface area is 112 Å². The van der Waals surface area contributed by atoms with E-state index in [0.717, 1.165) is 5.56 Å². The molecule has 0 saturated carbocycles. The maximum absolute atomic E-state index is 13.2. The number of rotatable bonds is 3. The molecule has 0 bridgehead atoms. The zero-order valence-corrected chi connectivity index (χ0v) is 11.1. The molecule has 2 rings (SSSR count). The van der Waals surface area contributed by atoms with Crippen molar-refractivity contribution in [1.29, 1.82) is 0 Å². The van der Waals surface area contributed by atoms with Crippen LogP contribution in [-0.4, -0.2) is 0 Å². The van der Waals surface area contributed by atoms with Crippen molar-refractivity contribution >= 4 is 27.5 Å². The largest absolute Gasteiger partial charge is 0.489 e. The van der Waals surface area contributed by atoms with E-state index in [4.69, 9.17) is 16.3 Å². The van der Waals surface area contributed by atoms with Crippen LogP contribution in [0.4, 0.5) is 4.39 Å². The molecule has 0 fully saturated rings. The molecule has 0 atom stereocenters. The van der Waals surface area contributed by atoms with Gasteiger partial charge in [-0.25, -0.2) is 4.39 Å². The molecule has 0 aliphatic heterocycles. The van der Waals surface area contributed by atoms with E-state index in [2.05, 4.69) is 15.9 Å². The topological polar surface area (TPSA) is 9.23 Å². The van der Waals surface area contributed by atoms with E-state index >= 15 is 0 Å². The van der Waals surface area contributed by atoms with Crippen LogP contribution in [0.15, 0.2) is 46.9 Å². The van der Waals surface area contributed by atoms with Gasteiger partial charge >= 0.3 is 0 Å². The first-order valence-electron chi connectivity index (χ1n) is 4.98. The second kappa shape index (κ2) is 5.52. The van der Waals surface area contributed by atoms with Gasteiger partial charge in [0.15, 0.2) is 0 Å². The number of benzene rings is 2. The second-order valence-corrected chi connectivity index (χ2v) is 4.69. The van der Waals surface area contributed by atoms with Gasteiger partial charge in [0, 0.05) is 10.6 Å². The molecule has 88 valence electrons. The summed E-state index contributed by atoms with van der Waals surface area (Å²) in [6.45, 7) is 0.290. The lowest BCUT2D eigenvalue weighted by molar-refractivity contribution is 0.304. The molecule has 0 unspecified atom stereocenters. The average molecular weight is 316 g/mol. The number of hydrogen-bond donors (Lipinski definition) is 0. The highest BCUT2D eigenvalue weighted by Gasteiger charge is 2.05. The van der Waals surface area contributed by atoms with E-state index in [1.807, 2.05) is 0 Å². The molecular formula is C13H9BrClFO. The summed E-state index contributed by atoms with van der Waals surface area (Å²) in [6.07, 6.45) is 0. The van der Waals surface area contributed by atoms with Crippen molar-refractivity contribution in [1.82, 2.24) is 0 Å². The summed E-state index contributed by atoms with van der Waals surface area (Å²) >= 11 is 9.02. The summed E-state index contributed by atoms with van der Waals surface area (Å²) in [4.78, 5) is 0. The maximum atomic E-state index is 13.2. The van der Waals surface area contributed by atoms with Crippen molar-refractivity contribution in [2.75, 3.05) is 0 Å². The van der Waals surface area contributed by atoms with Gasteiger partial charge in [0.25, 0.3) is 0 Å². The number of hydrogen-bond acceptors (Lipinski definition) is 1. The third-order valence-corrected chi connectivity index (χ3v) is 3.35. The minimum Gasteiger partial charge on any atom is -0.489 e. The molecule has 0 aliphatic carbocycles. The van der Waals surface area contributed by atoms with Gasteiger partial charge in [-0.05, 0) is 40.2 Å². The Morgan fingerprint density at radius 3 is 2.71 bits per heavy atom. The molecule has 1 nitrogen and oxygen atoms in total. The lowest BCUT2D eigenvalue weighted by atomic mass is 10.2. The van der Waals surface area contributed by atoms with Crippen LogP contribution in [0.25, 0.3) is 0 Å². The van der Waals surface area contributed by atoms with E-state index in [1.54, 1.807) is 36.4 Å². The summed E-state index contributed by atoms with van der Waals surface area (Å²) < 4.78 is 19.2. The van der Waals surface area contributed by atoms with Gasteiger partial charge in [0.05, 0.1) is 4.47 Å². The van der Waals surface area contributed by atoms with Crippen LogP contribution in [0.2, 0.25) is 5.02 Å². The molecule has 0 saturated heterocycles. The molecule has 0 spiro atoms. The van der Waals surface area contributed by atoms with Gasteiger partial charge in [-0.15, -0.1) is 0 Å². The lowest BCUT2D eigenvalue weighted by Crippen LogP contribution is -1.97. The van der Waals surface area contributed by atoms with E-state index < -0.39 is 0 Å². The first-order chi connectivity index (χ1) is 8.16.